The second-order valence-corrected chi connectivity index (χ2v) is 4.77. The molecule has 0 radical (unpaired) electrons. The number of aromatic nitrogens is 2. The van der Waals surface area contributed by atoms with Crippen molar-refractivity contribution in [3.05, 3.63) is 33.1 Å². The maximum absolute atomic E-state index is 11.5. The number of nitrogens with zero attached hydrogens (tertiary/aromatic N) is 2. The second kappa shape index (κ2) is 9.05. The van der Waals surface area contributed by atoms with Crippen molar-refractivity contribution < 1.29 is 30.3 Å². The van der Waals surface area contributed by atoms with Crippen LogP contribution in [0.5, 0.6) is 0 Å². The molecule has 1 heterocycles. The van der Waals surface area contributed by atoms with E-state index in [9.17, 15) is 29.7 Å². The van der Waals surface area contributed by atoms with E-state index in [0.29, 0.717) is 6.21 Å². The van der Waals surface area contributed by atoms with Gasteiger partial charge >= 0.3 is 5.69 Å². The molecule has 134 valence electrons. The molecule has 0 aliphatic heterocycles. The highest BCUT2D eigenvalue weighted by Gasteiger charge is 2.29. The van der Waals surface area contributed by atoms with Crippen LogP contribution < -0.4 is 16.7 Å². The lowest BCUT2D eigenvalue weighted by molar-refractivity contribution is -0.121. The Morgan fingerprint density at radius 3 is 2.54 bits per heavy atom. The van der Waals surface area contributed by atoms with E-state index in [0.717, 1.165) is 16.8 Å². The Morgan fingerprint density at radius 1 is 1.29 bits per heavy atom. The zero-order valence-electron chi connectivity index (χ0n) is 12.3. The Labute approximate surface area is 134 Å². The van der Waals surface area contributed by atoms with Gasteiger partial charge in [0, 0.05) is 12.3 Å². The predicted molar refractivity (Wildman–Crippen MR) is 79.1 cm³/mol. The normalized spacial score (nSPS) is 16.5. The van der Waals surface area contributed by atoms with Crippen molar-refractivity contribution in [1.82, 2.24) is 15.0 Å². The van der Waals surface area contributed by atoms with Gasteiger partial charge in [0.15, 0.2) is 0 Å². The Bertz CT molecular complexity index is 684. The SMILES string of the molecule is O=C(Cn1ccc(=O)[nH]c1=O)N/N=C/[C@@H](O)[C@@H](O)[C@H](O)[C@H](O)CO. The molecule has 24 heavy (non-hydrogen) atoms. The molecule has 1 amide bonds. The molecule has 12 nitrogen and oxygen atoms in total. The molecule has 0 bridgehead atoms. The third kappa shape index (κ3) is 5.68. The summed E-state index contributed by atoms with van der Waals surface area (Å²) in [6.07, 6.45) is -5.29. The van der Waals surface area contributed by atoms with Crippen LogP contribution in [-0.2, 0) is 11.3 Å². The maximum atomic E-state index is 11.5. The van der Waals surface area contributed by atoms with Crippen molar-refractivity contribution in [3.8, 4) is 0 Å². The van der Waals surface area contributed by atoms with Gasteiger partial charge in [-0.1, -0.05) is 0 Å². The van der Waals surface area contributed by atoms with E-state index < -0.39 is 54.7 Å². The van der Waals surface area contributed by atoms with Crippen molar-refractivity contribution in [2.45, 2.75) is 31.0 Å². The molecule has 1 aromatic rings. The summed E-state index contributed by atoms with van der Waals surface area (Å²) < 4.78 is 0.902. The van der Waals surface area contributed by atoms with Crippen LogP contribution in [-0.4, -0.2) is 78.2 Å². The molecule has 12 heteroatoms. The second-order valence-electron chi connectivity index (χ2n) is 4.77. The van der Waals surface area contributed by atoms with Crippen LogP contribution in [0.3, 0.4) is 0 Å². The van der Waals surface area contributed by atoms with E-state index in [1.807, 2.05) is 10.4 Å². The summed E-state index contributed by atoms with van der Waals surface area (Å²) in [5.41, 5.74) is 0.546. The molecule has 0 fully saturated rings. The molecule has 0 unspecified atom stereocenters. The highest BCUT2D eigenvalue weighted by molar-refractivity contribution is 5.77. The number of H-pyrrole nitrogens is 1. The molecule has 0 aliphatic carbocycles. The lowest BCUT2D eigenvalue weighted by atomic mass is 10.0. The average molecular weight is 346 g/mol. The molecule has 1 aromatic heterocycles. The minimum absolute atomic E-state index is 0.461. The van der Waals surface area contributed by atoms with Crippen LogP contribution in [0, 0.1) is 0 Å². The molecule has 0 aromatic carbocycles. The van der Waals surface area contributed by atoms with E-state index in [1.165, 1.54) is 0 Å². The number of nitrogens with one attached hydrogen (secondary N) is 2. The average Bonchev–Trinajstić information content (AvgIpc) is 2.55. The number of aliphatic hydroxyl groups is 5. The number of rotatable bonds is 8. The number of hydrogen-bond donors (Lipinski definition) is 7. The van der Waals surface area contributed by atoms with Crippen molar-refractivity contribution in [2.75, 3.05) is 6.61 Å². The molecular weight excluding hydrogens is 328 g/mol. The Kier molecular flexibility index (Phi) is 7.41. The number of hydrazone groups is 1. The van der Waals surface area contributed by atoms with Crippen LogP contribution in [0.15, 0.2) is 27.0 Å². The molecule has 0 saturated heterocycles. The van der Waals surface area contributed by atoms with E-state index in [4.69, 9.17) is 10.2 Å². The van der Waals surface area contributed by atoms with E-state index in [-0.39, 0.29) is 0 Å². The fraction of sp³-hybridized carbons (Fsp3) is 0.500. The summed E-state index contributed by atoms with van der Waals surface area (Å²) in [7, 11) is 0. The number of aromatic amines is 1. The first-order valence-corrected chi connectivity index (χ1v) is 6.71. The van der Waals surface area contributed by atoms with Crippen LogP contribution in [0.1, 0.15) is 0 Å². The van der Waals surface area contributed by atoms with Gasteiger partial charge in [0.2, 0.25) is 0 Å². The van der Waals surface area contributed by atoms with Crippen LogP contribution in [0.25, 0.3) is 0 Å². The third-order valence-corrected chi connectivity index (χ3v) is 2.91. The number of carbonyl (C=O) groups excluding carboxylic acids is 1. The summed E-state index contributed by atoms with van der Waals surface area (Å²) in [5, 5.41) is 49.5. The first kappa shape index (κ1) is 19.7. The Balaban J connectivity index is 2.55. The minimum atomic E-state index is -1.85. The largest absolute Gasteiger partial charge is 0.394 e. The van der Waals surface area contributed by atoms with Gasteiger partial charge in [-0.25, -0.2) is 10.2 Å². The summed E-state index contributed by atoms with van der Waals surface area (Å²) in [6.45, 7) is -1.29. The van der Waals surface area contributed by atoms with Gasteiger partial charge in [0.1, 0.15) is 31.0 Å². The zero-order valence-corrected chi connectivity index (χ0v) is 12.3. The quantitative estimate of drug-likeness (QED) is 0.179. The Hall–Kier alpha value is -2.38. The van der Waals surface area contributed by atoms with Gasteiger partial charge in [-0.15, -0.1) is 0 Å². The molecular formula is C12H18N4O8. The van der Waals surface area contributed by atoms with Crippen molar-refractivity contribution >= 4 is 12.1 Å². The number of hydrogen-bond acceptors (Lipinski definition) is 9. The minimum Gasteiger partial charge on any atom is -0.394 e. The first-order valence-electron chi connectivity index (χ1n) is 6.71. The third-order valence-electron chi connectivity index (χ3n) is 2.91. The van der Waals surface area contributed by atoms with E-state index in [2.05, 4.69) is 5.10 Å². The smallest absolute Gasteiger partial charge is 0.328 e. The highest BCUT2D eigenvalue weighted by atomic mass is 16.4. The fourth-order valence-electron chi connectivity index (χ4n) is 1.57. The lowest BCUT2D eigenvalue weighted by Crippen LogP contribution is -2.46. The number of aliphatic hydroxyl groups excluding tert-OH is 5. The summed E-state index contributed by atoms with van der Waals surface area (Å²) >= 11 is 0. The van der Waals surface area contributed by atoms with Crippen LogP contribution in [0.2, 0.25) is 0 Å². The standard InChI is InChI=1S/C12H18N4O8/c17-5-7(19)11(23)10(22)6(18)3-13-15-9(21)4-16-2-1-8(20)14-12(16)24/h1-3,6-7,10-11,17-19,22-23H,4-5H2,(H,15,21)(H,14,20,24)/b13-3+/t6-,7-,10-,11-/m1/s1. The van der Waals surface area contributed by atoms with Gasteiger partial charge in [0.25, 0.3) is 11.5 Å². The lowest BCUT2D eigenvalue weighted by Gasteiger charge is -2.23. The summed E-state index contributed by atoms with van der Waals surface area (Å²) in [5.74, 6) is -0.766. The fourth-order valence-corrected chi connectivity index (χ4v) is 1.57. The van der Waals surface area contributed by atoms with Crippen molar-refractivity contribution in [2.24, 2.45) is 5.10 Å². The topological polar surface area (TPSA) is 197 Å². The monoisotopic (exact) mass is 346 g/mol. The molecule has 0 spiro atoms. The number of carbonyl (C=O) groups is 1. The maximum Gasteiger partial charge on any atom is 0.328 e. The highest BCUT2D eigenvalue weighted by Crippen LogP contribution is 2.03. The molecule has 1 rings (SSSR count). The predicted octanol–water partition coefficient (Wildman–Crippen LogP) is -4.93. The Morgan fingerprint density at radius 2 is 1.96 bits per heavy atom. The van der Waals surface area contributed by atoms with Gasteiger partial charge in [-0.05, 0) is 0 Å². The molecule has 0 aliphatic rings. The first-order chi connectivity index (χ1) is 11.3. The van der Waals surface area contributed by atoms with Crippen LogP contribution >= 0.6 is 0 Å². The van der Waals surface area contributed by atoms with Gasteiger partial charge in [-0.2, -0.15) is 5.10 Å². The van der Waals surface area contributed by atoms with Crippen molar-refractivity contribution in [3.63, 3.8) is 0 Å². The molecule has 7 N–H and O–H groups in total. The van der Waals surface area contributed by atoms with Gasteiger partial charge in [-0.3, -0.25) is 19.1 Å². The summed E-state index contributed by atoms with van der Waals surface area (Å²) in [4.78, 5) is 35.7. The van der Waals surface area contributed by atoms with Crippen molar-refractivity contribution in [1.29, 1.82) is 0 Å². The van der Waals surface area contributed by atoms with E-state index >= 15 is 0 Å². The summed E-state index contributed by atoms with van der Waals surface area (Å²) in [6, 6.07) is 1.05. The van der Waals surface area contributed by atoms with Gasteiger partial charge < -0.3 is 25.5 Å². The molecule has 4 atom stereocenters. The van der Waals surface area contributed by atoms with Gasteiger partial charge in [0.05, 0.1) is 12.8 Å². The van der Waals surface area contributed by atoms with Crippen LogP contribution in [0.4, 0.5) is 0 Å². The number of amides is 1. The molecule has 0 saturated carbocycles. The van der Waals surface area contributed by atoms with E-state index in [1.54, 1.807) is 0 Å². The zero-order chi connectivity index (χ0) is 18.3.